The van der Waals surface area contributed by atoms with Crippen LogP contribution in [0.15, 0.2) is 6.20 Å². The lowest BCUT2D eigenvalue weighted by atomic mass is 10.1. The average molecular weight is 167 g/mol. The molecule has 1 aliphatic heterocycles. The molecule has 3 heteroatoms. The van der Waals surface area contributed by atoms with Gasteiger partial charge in [0, 0.05) is 19.3 Å². The number of hydrogen-bond donors (Lipinski definition) is 0. The monoisotopic (exact) mass is 167 g/mol. The maximum absolute atomic E-state index is 4.23. The molecule has 0 atom stereocenters. The molecule has 2 rings (SSSR count). The summed E-state index contributed by atoms with van der Waals surface area (Å²) in [4.78, 5) is 6.58. The van der Waals surface area contributed by atoms with Gasteiger partial charge in [-0.3, -0.25) is 0 Å². The fourth-order valence-corrected chi connectivity index (χ4v) is 2.05. The quantitative estimate of drug-likeness (QED) is 0.635. The summed E-state index contributed by atoms with van der Waals surface area (Å²) in [6, 6.07) is 0. The van der Waals surface area contributed by atoms with Crippen LogP contribution >= 0.6 is 11.3 Å². The minimum atomic E-state index is 1.14. The highest BCUT2D eigenvalue weighted by atomic mass is 32.1. The van der Waals surface area contributed by atoms with Crippen molar-refractivity contribution >= 4 is 16.5 Å². The van der Waals surface area contributed by atoms with Gasteiger partial charge in [-0.05, 0) is 19.3 Å². The Morgan fingerprint density at radius 2 is 2.18 bits per heavy atom. The molecule has 1 aromatic heterocycles. The molecule has 1 saturated heterocycles. The molecule has 0 saturated carbocycles. The highest BCUT2D eigenvalue weighted by Gasteiger charge is 2.11. The summed E-state index contributed by atoms with van der Waals surface area (Å²) in [6.45, 7) is 2.36. The highest BCUT2D eigenvalue weighted by molar-refractivity contribution is 7.13. The Labute approximate surface area is 70.9 Å². The van der Waals surface area contributed by atoms with Crippen LogP contribution in [0.3, 0.4) is 0 Å². The van der Waals surface area contributed by atoms with Gasteiger partial charge in [0.15, 0.2) is 5.13 Å². The van der Waals surface area contributed by atoms with Crippen molar-refractivity contribution in [3.63, 3.8) is 0 Å². The Morgan fingerprint density at radius 3 is 2.82 bits per heavy atom. The van der Waals surface area contributed by atoms with Crippen LogP contribution in [0.25, 0.3) is 0 Å². The van der Waals surface area contributed by atoms with Crippen LogP contribution in [0, 0.1) is 5.38 Å². The van der Waals surface area contributed by atoms with E-state index < -0.39 is 0 Å². The molecule has 0 N–H and O–H groups in total. The Bertz CT molecular complexity index is 202. The van der Waals surface area contributed by atoms with Gasteiger partial charge in [-0.2, -0.15) is 0 Å². The zero-order valence-electron chi connectivity index (χ0n) is 6.42. The Hall–Kier alpha value is -0.570. The van der Waals surface area contributed by atoms with Crippen LogP contribution in [0.1, 0.15) is 19.3 Å². The Morgan fingerprint density at radius 1 is 1.36 bits per heavy atom. The van der Waals surface area contributed by atoms with Crippen LogP contribution in [0.5, 0.6) is 0 Å². The van der Waals surface area contributed by atoms with Gasteiger partial charge in [0.25, 0.3) is 0 Å². The first kappa shape index (κ1) is 7.10. The third kappa shape index (κ3) is 1.53. The van der Waals surface area contributed by atoms with E-state index >= 15 is 0 Å². The molecular formula is C8H11N2S. The molecular weight excluding hydrogens is 156 g/mol. The minimum Gasteiger partial charge on any atom is -0.348 e. The minimum absolute atomic E-state index is 1.14. The van der Waals surface area contributed by atoms with Crippen molar-refractivity contribution in [2.75, 3.05) is 18.0 Å². The summed E-state index contributed by atoms with van der Waals surface area (Å²) in [5, 5.41) is 4.16. The third-order valence-corrected chi connectivity index (χ3v) is 2.77. The van der Waals surface area contributed by atoms with Crippen molar-refractivity contribution in [3.05, 3.63) is 11.6 Å². The van der Waals surface area contributed by atoms with Gasteiger partial charge in [0.1, 0.15) is 0 Å². The largest absolute Gasteiger partial charge is 0.348 e. The summed E-state index contributed by atoms with van der Waals surface area (Å²) >= 11 is 1.62. The predicted molar refractivity (Wildman–Crippen MR) is 47.0 cm³/mol. The van der Waals surface area contributed by atoms with Crippen molar-refractivity contribution in [1.29, 1.82) is 0 Å². The predicted octanol–water partition coefficient (Wildman–Crippen LogP) is 1.93. The van der Waals surface area contributed by atoms with Gasteiger partial charge < -0.3 is 4.90 Å². The number of anilines is 1. The van der Waals surface area contributed by atoms with E-state index in [-0.39, 0.29) is 0 Å². The van der Waals surface area contributed by atoms with Gasteiger partial charge in [-0.15, -0.1) is 0 Å². The van der Waals surface area contributed by atoms with E-state index in [4.69, 9.17) is 0 Å². The summed E-state index contributed by atoms with van der Waals surface area (Å²) in [5.41, 5.74) is 0. The summed E-state index contributed by atoms with van der Waals surface area (Å²) in [7, 11) is 0. The lowest BCUT2D eigenvalue weighted by Crippen LogP contribution is -2.29. The van der Waals surface area contributed by atoms with Crippen LogP contribution in [0.4, 0.5) is 5.13 Å². The van der Waals surface area contributed by atoms with Crippen molar-refractivity contribution in [2.24, 2.45) is 0 Å². The number of aromatic nitrogens is 1. The normalized spacial score (nSPS) is 18.7. The molecule has 0 bridgehead atoms. The van der Waals surface area contributed by atoms with Crippen molar-refractivity contribution < 1.29 is 0 Å². The first-order valence-corrected chi connectivity index (χ1v) is 4.85. The third-order valence-electron chi connectivity index (χ3n) is 2.00. The van der Waals surface area contributed by atoms with E-state index in [9.17, 15) is 0 Å². The molecule has 0 aromatic carbocycles. The van der Waals surface area contributed by atoms with Crippen LogP contribution in [0.2, 0.25) is 0 Å². The molecule has 1 radical (unpaired) electrons. The average Bonchev–Trinajstić information content (AvgIpc) is 2.58. The smallest absolute Gasteiger partial charge is 0.185 e. The molecule has 1 aliphatic rings. The van der Waals surface area contributed by atoms with Gasteiger partial charge in [0.2, 0.25) is 0 Å². The summed E-state index contributed by atoms with van der Waals surface area (Å²) in [5.74, 6) is 0. The highest BCUT2D eigenvalue weighted by Crippen LogP contribution is 2.20. The van der Waals surface area contributed by atoms with Crippen LogP contribution in [-0.2, 0) is 0 Å². The molecule has 0 aliphatic carbocycles. The molecule has 2 heterocycles. The standard InChI is InChI=1S/C8H11N2S/c1-2-5-10(6-3-1)8-9-4-7-11-8/h4H,1-3,5-6H2. The number of nitrogens with zero attached hydrogens (tertiary/aromatic N) is 2. The van der Waals surface area contributed by atoms with Gasteiger partial charge in [-0.25, -0.2) is 4.98 Å². The fourth-order valence-electron chi connectivity index (χ4n) is 1.42. The van der Waals surface area contributed by atoms with Crippen LogP contribution in [-0.4, -0.2) is 18.1 Å². The zero-order valence-corrected chi connectivity index (χ0v) is 7.23. The van der Waals surface area contributed by atoms with E-state index in [0.717, 1.165) is 5.13 Å². The molecule has 0 unspecified atom stereocenters. The molecule has 1 fully saturated rings. The second-order valence-electron chi connectivity index (χ2n) is 2.81. The molecule has 2 nitrogen and oxygen atoms in total. The number of rotatable bonds is 1. The zero-order chi connectivity index (χ0) is 7.52. The first-order chi connectivity index (χ1) is 5.47. The maximum Gasteiger partial charge on any atom is 0.185 e. The van der Waals surface area contributed by atoms with Crippen molar-refractivity contribution in [2.45, 2.75) is 19.3 Å². The Balaban J connectivity index is 2.04. The molecule has 59 valence electrons. The maximum atomic E-state index is 4.23. The van der Waals surface area contributed by atoms with E-state index in [2.05, 4.69) is 15.3 Å². The van der Waals surface area contributed by atoms with E-state index in [1.165, 1.54) is 32.4 Å². The van der Waals surface area contributed by atoms with Crippen molar-refractivity contribution in [1.82, 2.24) is 4.98 Å². The SMILES string of the molecule is [c]1cnc(N2CCCCC2)s1. The van der Waals surface area contributed by atoms with E-state index in [0.29, 0.717) is 0 Å². The number of thiazole rings is 1. The molecule has 11 heavy (non-hydrogen) atoms. The lowest BCUT2D eigenvalue weighted by molar-refractivity contribution is 0.577. The molecule has 0 spiro atoms. The summed E-state index contributed by atoms with van der Waals surface area (Å²) in [6.07, 6.45) is 5.78. The van der Waals surface area contributed by atoms with Crippen molar-refractivity contribution in [3.8, 4) is 0 Å². The van der Waals surface area contributed by atoms with E-state index in [1.807, 2.05) is 0 Å². The summed E-state index contributed by atoms with van der Waals surface area (Å²) < 4.78 is 0. The van der Waals surface area contributed by atoms with E-state index in [1.54, 1.807) is 17.5 Å². The lowest BCUT2D eigenvalue weighted by Gasteiger charge is -2.25. The second-order valence-corrected chi connectivity index (χ2v) is 3.61. The first-order valence-electron chi connectivity index (χ1n) is 4.03. The topological polar surface area (TPSA) is 16.1 Å². The molecule has 1 aromatic rings. The number of piperidine rings is 1. The second kappa shape index (κ2) is 3.22. The van der Waals surface area contributed by atoms with Gasteiger partial charge in [-0.1, -0.05) is 11.3 Å². The Kier molecular flexibility index (Phi) is 2.08. The fraction of sp³-hybridized carbons (Fsp3) is 0.625. The molecule has 0 amide bonds. The number of hydrogen-bond acceptors (Lipinski definition) is 3. The van der Waals surface area contributed by atoms with Crippen LogP contribution < -0.4 is 4.90 Å². The van der Waals surface area contributed by atoms with Gasteiger partial charge >= 0.3 is 0 Å². The van der Waals surface area contributed by atoms with Gasteiger partial charge in [0.05, 0.1) is 5.38 Å².